The fraction of sp³-hybridized carbons (Fsp3) is 1.00. The standard InChI is InChI=1S/C13H25NS/c1-13(2)6-3-4-12(8-13)14-9-11-5-7-15-10-11/h11-12,14H,3-10H2,1-2H3. The quantitative estimate of drug-likeness (QED) is 0.794. The van der Waals surface area contributed by atoms with Crippen LogP contribution in [0.15, 0.2) is 0 Å². The first-order valence-corrected chi connectivity index (χ1v) is 7.62. The molecule has 0 radical (unpaired) electrons. The van der Waals surface area contributed by atoms with Crippen molar-refractivity contribution in [1.82, 2.24) is 5.32 Å². The Balaban J connectivity index is 1.69. The Morgan fingerprint density at radius 3 is 2.87 bits per heavy atom. The van der Waals surface area contributed by atoms with E-state index in [1.54, 1.807) is 0 Å². The van der Waals surface area contributed by atoms with E-state index in [0.717, 1.165) is 12.0 Å². The van der Waals surface area contributed by atoms with Crippen LogP contribution in [-0.4, -0.2) is 24.1 Å². The van der Waals surface area contributed by atoms with Crippen LogP contribution in [0.1, 0.15) is 46.0 Å². The normalized spacial score (nSPS) is 35.6. The van der Waals surface area contributed by atoms with E-state index in [2.05, 4.69) is 30.9 Å². The average Bonchev–Trinajstić information content (AvgIpc) is 2.65. The smallest absolute Gasteiger partial charge is 0.00722 e. The second-order valence-corrected chi connectivity index (χ2v) is 7.25. The van der Waals surface area contributed by atoms with E-state index in [4.69, 9.17) is 0 Å². The van der Waals surface area contributed by atoms with Crippen molar-refractivity contribution in [3.05, 3.63) is 0 Å². The third-order valence-electron chi connectivity index (χ3n) is 3.92. The molecule has 1 aliphatic heterocycles. The van der Waals surface area contributed by atoms with Gasteiger partial charge < -0.3 is 5.32 Å². The van der Waals surface area contributed by atoms with Crippen LogP contribution in [0.25, 0.3) is 0 Å². The molecule has 0 aromatic rings. The van der Waals surface area contributed by atoms with Gasteiger partial charge in [-0.1, -0.05) is 20.3 Å². The Hall–Kier alpha value is 0.310. The lowest BCUT2D eigenvalue weighted by Gasteiger charge is -2.36. The molecule has 2 unspecified atom stereocenters. The zero-order valence-corrected chi connectivity index (χ0v) is 11.0. The Morgan fingerprint density at radius 1 is 1.33 bits per heavy atom. The molecule has 1 N–H and O–H groups in total. The first-order valence-electron chi connectivity index (χ1n) is 6.47. The summed E-state index contributed by atoms with van der Waals surface area (Å²) in [4.78, 5) is 0. The summed E-state index contributed by atoms with van der Waals surface area (Å²) in [5.41, 5.74) is 0.584. The van der Waals surface area contributed by atoms with Crippen LogP contribution in [0.5, 0.6) is 0 Å². The fourth-order valence-electron chi connectivity index (χ4n) is 2.95. The topological polar surface area (TPSA) is 12.0 Å². The monoisotopic (exact) mass is 227 g/mol. The van der Waals surface area contributed by atoms with Gasteiger partial charge in [0.25, 0.3) is 0 Å². The molecule has 1 nitrogen and oxygen atoms in total. The summed E-state index contributed by atoms with van der Waals surface area (Å²) in [7, 11) is 0. The van der Waals surface area contributed by atoms with Crippen molar-refractivity contribution in [1.29, 1.82) is 0 Å². The summed E-state index contributed by atoms with van der Waals surface area (Å²) in [5.74, 6) is 3.74. The lowest BCUT2D eigenvalue weighted by molar-refractivity contribution is 0.195. The van der Waals surface area contributed by atoms with Crippen LogP contribution >= 0.6 is 11.8 Å². The van der Waals surface area contributed by atoms with E-state index < -0.39 is 0 Å². The molecule has 0 bridgehead atoms. The lowest BCUT2D eigenvalue weighted by atomic mass is 9.75. The second-order valence-electron chi connectivity index (χ2n) is 6.10. The summed E-state index contributed by atoms with van der Waals surface area (Å²) >= 11 is 2.13. The van der Waals surface area contributed by atoms with E-state index in [1.807, 2.05) is 0 Å². The third kappa shape index (κ3) is 3.67. The zero-order chi connectivity index (χ0) is 10.7. The molecule has 15 heavy (non-hydrogen) atoms. The van der Waals surface area contributed by atoms with E-state index in [9.17, 15) is 0 Å². The number of rotatable bonds is 3. The minimum absolute atomic E-state index is 0.584. The maximum atomic E-state index is 3.81. The van der Waals surface area contributed by atoms with Crippen molar-refractivity contribution in [2.45, 2.75) is 52.0 Å². The molecule has 2 heteroatoms. The molecule has 1 heterocycles. The highest BCUT2D eigenvalue weighted by atomic mass is 32.2. The van der Waals surface area contributed by atoms with Crippen molar-refractivity contribution >= 4 is 11.8 Å². The van der Waals surface area contributed by atoms with Gasteiger partial charge in [-0.3, -0.25) is 0 Å². The molecule has 0 spiro atoms. The molecular formula is C13H25NS. The minimum atomic E-state index is 0.584. The number of thioether (sulfide) groups is 1. The molecule has 0 aromatic heterocycles. The maximum absolute atomic E-state index is 3.81. The summed E-state index contributed by atoms with van der Waals surface area (Å²) < 4.78 is 0. The molecule has 2 rings (SSSR count). The van der Waals surface area contributed by atoms with Gasteiger partial charge >= 0.3 is 0 Å². The summed E-state index contributed by atoms with van der Waals surface area (Å²) in [5, 5.41) is 3.81. The van der Waals surface area contributed by atoms with E-state index in [-0.39, 0.29) is 0 Å². The van der Waals surface area contributed by atoms with Crippen LogP contribution in [0.4, 0.5) is 0 Å². The summed E-state index contributed by atoms with van der Waals surface area (Å²) in [6.07, 6.45) is 7.07. The van der Waals surface area contributed by atoms with Crippen molar-refractivity contribution in [3.8, 4) is 0 Å². The second kappa shape index (κ2) is 5.09. The van der Waals surface area contributed by atoms with Crippen molar-refractivity contribution in [2.24, 2.45) is 11.3 Å². The molecule has 0 amide bonds. The predicted octanol–water partition coefficient (Wildman–Crippen LogP) is 3.30. The van der Waals surface area contributed by atoms with Gasteiger partial charge in [-0.25, -0.2) is 0 Å². The number of hydrogen-bond acceptors (Lipinski definition) is 2. The average molecular weight is 227 g/mol. The minimum Gasteiger partial charge on any atom is -0.314 e. The fourth-order valence-corrected chi connectivity index (χ4v) is 4.23. The van der Waals surface area contributed by atoms with Gasteiger partial charge in [0.1, 0.15) is 0 Å². The molecule has 88 valence electrons. The highest BCUT2D eigenvalue weighted by molar-refractivity contribution is 7.99. The molecule has 1 saturated heterocycles. The molecule has 2 atom stereocenters. The van der Waals surface area contributed by atoms with Crippen LogP contribution in [0.2, 0.25) is 0 Å². The molecule has 2 fully saturated rings. The van der Waals surface area contributed by atoms with Gasteiger partial charge in [0.15, 0.2) is 0 Å². The number of hydrogen-bond donors (Lipinski definition) is 1. The zero-order valence-electron chi connectivity index (χ0n) is 10.2. The summed E-state index contributed by atoms with van der Waals surface area (Å²) in [6, 6.07) is 0.805. The van der Waals surface area contributed by atoms with Crippen molar-refractivity contribution in [3.63, 3.8) is 0 Å². The lowest BCUT2D eigenvalue weighted by Crippen LogP contribution is -2.39. The Bertz CT molecular complexity index is 197. The van der Waals surface area contributed by atoms with Gasteiger partial charge in [-0.05, 0) is 55.1 Å². The summed E-state index contributed by atoms with van der Waals surface area (Å²) in [6.45, 7) is 6.12. The van der Waals surface area contributed by atoms with Crippen molar-refractivity contribution < 1.29 is 0 Å². The van der Waals surface area contributed by atoms with Crippen LogP contribution in [0, 0.1) is 11.3 Å². The molecule has 2 aliphatic rings. The first-order chi connectivity index (χ1) is 7.16. The predicted molar refractivity (Wildman–Crippen MR) is 69.5 cm³/mol. The Labute approximate surface area is 98.8 Å². The van der Waals surface area contributed by atoms with E-state index in [0.29, 0.717) is 5.41 Å². The molecular weight excluding hydrogens is 202 g/mol. The Kier molecular flexibility index (Phi) is 4.00. The largest absolute Gasteiger partial charge is 0.314 e. The third-order valence-corrected chi connectivity index (χ3v) is 5.16. The highest BCUT2D eigenvalue weighted by Gasteiger charge is 2.28. The first kappa shape index (κ1) is 11.8. The van der Waals surface area contributed by atoms with E-state index >= 15 is 0 Å². The van der Waals surface area contributed by atoms with Crippen molar-refractivity contribution in [2.75, 3.05) is 18.1 Å². The van der Waals surface area contributed by atoms with Gasteiger partial charge in [-0.15, -0.1) is 0 Å². The van der Waals surface area contributed by atoms with Gasteiger partial charge in [0.2, 0.25) is 0 Å². The molecule has 1 aliphatic carbocycles. The van der Waals surface area contributed by atoms with Crippen LogP contribution in [0.3, 0.4) is 0 Å². The van der Waals surface area contributed by atoms with Gasteiger partial charge in [0, 0.05) is 6.04 Å². The molecule has 1 saturated carbocycles. The SMILES string of the molecule is CC1(C)CCCC(NCC2CCSC2)C1. The van der Waals surface area contributed by atoms with Gasteiger partial charge in [-0.2, -0.15) is 11.8 Å². The van der Waals surface area contributed by atoms with E-state index in [1.165, 1.54) is 50.2 Å². The number of nitrogens with one attached hydrogen (secondary N) is 1. The molecule has 0 aromatic carbocycles. The van der Waals surface area contributed by atoms with Crippen LogP contribution in [-0.2, 0) is 0 Å². The Morgan fingerprint density at radius 2 is 2.20 bits per heavy atom. The van der Waals surface area contributed by atoms with Gasteiger partial charge in [0.05, 0.1) is 0 Å². The maximum Gasteiger partial charge on any atom is 0.00722 e. The van der Waals surface area contributed by atoms with Crippen LogP contribution < -0.4 is 5.32 Å². The highest BCUT2D eigenvalue weighted by Crippen LogP contribution is 2.35.